The molecule has 0 radical (unpaired) electrons. The van der Waals surface area contributed by atoms with Crippen LogP contribution in [0.5, 0.6) is 0 Å². The Labute approximate surface area is 271 Å². The minimum Gasteiger partial charge on any atom is -0.457 e. The van der Waals surface area contributed by atoms with Crippen molar-refractivity contribution in [2.24, 2.45) is 5.41 Å². The van der Waals surface area contributed by atoms with Crippen LogP contribution in [-0.2, 0) is 43.5 Å². The fourth-order valence-electron chi connectivity index (χ4n) is 6.07. The zero-order valence-electron chi connectivity index (χ0n) is 28.2. The highest BCUT2D eigenvalue weighted by Crippen LogP contribution is 2.43. The van der Waals surface area contributed by atoms with Gasteiger partial charge in [0.1, 0.15) is 18.3 Å². The molecule has 0 saturated carbocycles. The summed E-state index contributed by atoms with van der Waals surface area (Å²) >= 11 is 0. The number of ether oxygens (including phenoxy) is 3. The Kier molecular flexibility index (Phi) is 12.7. The number of hydrogen-bond acceptors (Lipinski definition) is 12. The molecule has 46 heavy (non-hydrogen) atoms. The molecule has 0 spiro atoms. The Bertz CT molecular complexity index is 1360. The van der Waals surface area contributed by atoms with Crippen LogP contribution in [0.25, 0.3) is 0 Å². The Morgan fingerprint density at radius 2 is 1.59 bits per heavy atom. The van der Waals surface area contributed by atoms with Crippen molar-refractivity contribution in [3.63, 3.8) is 0 Å². The average Bonchev–Trinajstić information content (AvgIpc) is 3.25. The van der Waals surface area contributed by atoms with Crippen LogP contribution in [0.15, 0.2) is 15.8 Å². The number of aromatic nitrogens is 2. The van der Waals surface area contributed by atoms with E-state index in [0.29, 0.717) is 12.1 Å². The molecule has 0 N–H and O–H groups in total. The molecule has 3 heterocycles. The molecular weight excluding hydrogens is 639 g/mol. The van der Waals surface area contributed by atoms with Gasteiger partial charge in [0.25, 0.3) is 0 Å². The molecule has 4 atom stereocenters. The van der Waals surface area contributed by atoms with Crippen LogP contribution in [0.4, 0.5) is 0 Å². The van der Waals surface area contributed by atoms with Gasteiger partial charge in [0.15, 0.2) is 17.9 Å². The highest BCUT2D eigenvalue weighted by molar-refractivity contribution is 6.81. The van der Waals surface area contributed by atoms with E-state index in [1.807, 2.05) is 13.8 Å². The summed E-state index contributed by atoms with van der Waals surface area (Å²) in [6.07, 6.45) is -0.0198. The highest BCUT2D eigenvalue weighted by Gasteiger charge is 2.58. The standard InChI is InChI=1S/C29H49N3O12Si2/c1-9-13-45(14-10-2)40-18-22-24(43-46(44-45,15-11-3)16-12-4)25(41-20(5)33)23(42-22)21-17-30(19-39-27(35)29(6,7)8)28(36)31(26(21)34)32(37)38/h17,22-25H,9-16,18-19H2,1-8H3/t22-,23+,24-,25+/m1/s1. The van der Waals surface area contributed by atoms with E-state index < -0.39 is 81.9 Å². The van der Waals surface area contributed by atoms with Gasteiger partial charge in [-0.1, -0.05) is 53.4 Å². The van der Waals surface area contributed by atoms with Crippen LogP contribution in [0.2, 0.25) is 24.2 Å². The fraction of sp³-hybridized carbons (Fsp3) is 0.793. The molecule has 17 heteroatoms. The third-order valence-electron chi connectivity index (χ3n) is 7.95. The molecule has 0 aliphatic carbocycles. The van der Waals surface area contributed by atoms with Gasteiger partial charge in [-0.2, -0.15) is 0 Å². The molecule has 0 amide bonds. The zero-order chi connectivity index (χ0) is 34.4. The maximum atomic E-state index is 13.5. The number of rotatable bonds is 13. The van der Waals surface area contributed by atoms with Crippen molar-refractivity contribution in [3.8, 4) is 0 Å². The smallest absolute Gasteiger partial charge is 0.394 e. The van der Waals surface area contributed by atoms with E-state index in [2.05, 4.69) is 13.8 Å². The zero-order valence-corrected chi connectivity index (χ0v) is 30.2. The normalized spacial score (nSPS) is 24.0. The monoisotopic (exact) mass is 687 g/mol. The second-order valence-corrected chi connectivity index (χ2v) is 20.0. The second-order valence-electron chi connectivity index (χ2n) is 13.0. The summed E-state index contributed by atoms with van der Waals surface area (Å²) in [5.41, 5.74) is -3.86. The molecule has 3 rings (SSSR count). The minimum atomic E-state index is -3.03. The molecule has 0 unspecified atom stereocenters. The van der Waals surface area contributed by atoms with Gasteiger partial charge in [0.2, 0.25) is 0 Å². The van der Waals surface area contributed by atoms with E-state index in [1.165, 1.54) is 6.92 Å². The summed E-state index contributed by atoms with van der Waals surface area (Å²) < 4.78 is 38.7. The SMILES string of the molecule is CCC[Si]1(CCC)OC[C@H]2O[C@@H](c3cn(COC(=O)C(C)(C)C)c(=O)n([N+](=O)[O-])c3=O)[C@H](OC(C)=O)[C@@H]2O[Si](CCC)(CCC)O1. The molecule has 2 fully saturated rings. The van der Waals surface area contributed by atoms with Crippen LogP contribution in [0.1, 0.15) is 92.7 Å². The molecule has 0 aromatic carbocycles. The summed E-state index contributed by atoms with van der Waals surface area (Å²) in [7, 11) is -5.81. The third kappa shape index (κ3) is 8.41. The Hall–Kier alpha value is -2.71. The van der Waals surface area contributed by atoms with Gasteiger partial charge < -0.3 is 27.2 Å². The predicted octanol–water partition coefficient (Wildman–Crippen LogP) is 3.92. The number of nitro groups is 1. The van der Waals surface area contributed by atoms with E-state index in [0.717, 1.165) is 48.5 Å². The van der Waals surface area contributed by atoms with Crippen molar-refractivity contribution >= 4 is 29.1 Å². The van der Waals surface area contributed by atoms with Crippen LogP contribution in [0, 0.1) is 15.5 Å². The van der Waals surface area contributed by atoms with Gasteiger partial charge in [-0.15, -0.1) is 0 Å². The number of hydrogen-bond donors (Lipinski definition) is 0. The van der Waals surface area contributed by atoms with Crippen LogP contribution in [-0.4, -0.2) is 68.3 Å². The molecule has 2 aliphatic heterocycles. The topological polar surface area (TPSA) is 177 Å². The first-order chi connectivity index (χ1) is 21.6. The minimum absolute atomic E-state index is 0.0279. The van der Waals surface area contributed by atoms with Crippen LogP contribution in [0.3, 0.4) is 0 Å². The summed E-state index contributed by atoms with van der Waals surface area (Å²) in [6, 6.07) is 2.83. The lowest BCUT2D eigenvalue weighted by molar-refractivity contribution is -0.549. The van der Waals surface area contributed by atoms with E-state index in [1.54, 1.807) is 20.8 Å². The number of fused-ring (bicyclic) bond motifs is 1. The van der Waals surface area contributed by atoms with E-state index in [-0.39, 0.29) is 16.8 Å². The third-order valence-corrected chi connectivity index (χ3v) is 17.4. The van der Waals surface area contributed by atoms with E-state index in [9.17, 15) is 29.3 Å². The van der Waals surface area contributed by atoms with E-state index in [4.69, 9.17) is 27.2 Å². The summed E-state index contributed by atoms with van der Waals surface area (Å²) in [4.78, 5) is 63.4. The van der Waals surface area contributed by atoms with Crippen LogP contribution < -0.4 is 11.2 Å². The lowest BCUT2D eigenvalue weighted by atomic mass is 9.98. The van der Waals surface area contributed by atoms with Crippen molar-refractivity contribution < 1.29 is 41.8 Å². The molecule has 0 bridgehead atoms. The average molecular weight is 688 g/mol. The largest absolute Gasteiger partial charge is 0.457 e. The molecule has 15 nitrogen and oxygen atoms in total. The lowest BCUT2D eigenvalue weighted by Crippen LogP contribution is -2.61. The Morgan fingerprint density at radius 1 is 1.02 bits per heavy atom. The van der Waals surface area contributed by atoms with Gasteiger partial charge in [0, 0.05) is 17.8 Å². The second kappa shape index (κ2) is 15.5. The predicted molar refractivity (Wildman–Crippen MR) is 170 cm³/mol. The maximum absolute atomic E-state index is 13.5. The maximum Gasteiger partial charge on any atom is 0.394 e. The lowest BCUT2D eigenvalue weighted by Gasteiger charge is -2.45. The van der Waals surface area contributed by atoms with Crippen molar-refractivity contribution in [3.05, 3.63) is 42.7 Å². The number of carbonyl (C=O) groups excluding carboxylic acids is 2. The van der Waals surface area contributed by atoms with Crippen molar-refractivity contribution in [2.75, 3.05) is 6.61 Å². The van der Waals surface area contributed by atoms with Gasteiger partial charge in [-0.3, -0.25) is 19.0 Å². The van der Waals surface area contributed by atoms with Crippen molar-refractivity contribution in [1.29, 1.82) is 0 Å². The summed E-state index contributed by atoms with van der Waals surface area (Å²) in [5, 5.41) is 10.8. The molecule has 1 aromatic rings. The van der Waals surface area contributed by atoms with E-state index >= 15 is 0 Å². The summed E-state index contributed by atoms with van der Waals surface area (Å²) in [5.74, 6) is -1.36. The molecule has 260 valence electrons. The molecule has 2 aliphatic rings. The Morgan fingerprint density at radius 3 is 2.09 bits per heavy atom. The summed E-state index contributed by atoms with van der Waals surface area (Å²) in [6.45, 7) is 13.6. The first-order valence-corrected chi connectivity index (χ1v) is 20.6. The fourth-order valence-corrected chi connectivity index (χ4v) is 16.2. The quantitative estimate of drug-likeness (QED) is 0.127. The van der Waals surface area contributed by atoms with Crippen molar-refractivity contribution in [1.82, 2.24) is 9.24 Å². The molecule has 2 saturated heterocycles. The molecule has 1 aromatic heterocycles. The van der Waals surface area contributed by atoms with Gasteiger partial charge in [-0.05, 0) is 44.9 Å². The first-order valence-electron chi connectivity index (χ1n) is 16.1. The van der Waals surface area contributed by atoms with Crippen LogP contribution >= 0.6 is 0 Å². The highest BCUT2D eigenvalue weighted by atomic mass is 28.5. The van der Waals surface area contributed by atoms with Gasteiger partial charge in [0.05, 0.1) is 17.6 Å². The number of esters is 2. The first kappa shape index (κ1) is 37.7. The number of nitrogens with zero attached hydrogens (tertiary/aromatic N) is 3. The van der Waals surface area contributed by atoms with Gasteiger partial charge >= 0.3 is 40.3 Å². The van der Waals surface area contributed by atoms with Gasteiger partial charge in [-0.25, -0.2) is 14.9 Å². The van der Waals surface area contributed by atoms with Crippen molar-refractivity contribution in [2.45, 2.75) is 136 Å². The molecular formula is C29H49N3O12Si2. The Balaban J connectivity index is 2.19. The number of carbonyl (C=O) groups is 2.